The Morgan fingerprint density at radius 1 is 1.40 bits per heavy atom. The molecule has 2 aromatic rings. The molecule has 1 fully saturated rings. The molecule has 1 aromatic heterocycles. The summed E-state index contributed by atoms with van der Waals surface area (Å²) >= 11 is 0. The van der Waals surface area contributed by atoms with Crippen LogP contribution in [0.4, 0.5) is 4.79 Å². The molecule has 7 nitrogen and oxygen atoms in total. The van der Waals surface area contributed by atoms with E-state index in [0.717, 1.165) is 30.5 Å². The van der Waals surface area contributed by atoms with Crippen molar-refractivity contribution in [2.75, 3.05) is 13.6 Å². The SMILES string of the molecule is CC(NC(=O)N(C)CC1CCCC1O)c1ccc(-n2ccnn2)cc1. The van der Waals surface area contributed by atoms with Crippen LogP contribution in [0.15, 0.2) is 36.7 Å². The van der Waals surface area contributed by atoms with Gasteiger partial charge in [0.25, 0.3) is 0 Å². The molecule has 25 heavy (non-hydrogen) atoms. The van der Waals surface area contributed by atoms with Crippen molar-refractivity contribution in [3.63, 3.8) is 0 Å². The van der Waals surface area contributed by atoms with E-state index < -0.39 is 0 Å². The molecule has 1 aliphatic rings. The van der Waals surface area contributed by atoms with Crippen molar-refractivity contribution < 1.29 is 9.90 Å². The van der Waals surface area contributed by atoms with Crippen molar-refractivity contribution in [2.45, 2.75) is 38.3 Å². The van der Waals surface area contributed by atoms with E-state index >= 15 is 0 Å². The molecular formula is C18H25N5O2. The Labute approximate surface area is 147 Å². The molecule has 0 spiro atoms. The van der Waals surface area contributed by atoms with E-state index in [2.05, 4.69) is 15.6 Å². The van der Waals surface area contributed by atoms with Crippen LogP contribution in [-0.4, -0.2) is 50.7 Å². The topological polar surface area (TPSA) is 83.3 Å². The quantitative estimate of drug-likeness (QED) is 0.871. The normalized spacial score (nSPS) is 21.1. The highest BCUT2D eigenvalue weighted by atomic mass is 16.3. The Morgan fingerprint density at radius 2 is 2.16 bits per heavy atom. The minimum absolute atomic E-state index is 0.103. The van der Waals surface area contributed by atoms with E-state index in [0.29, 0.717) is 6.54 Å². The van der Waals surface area contributed by atoms with Gasteiger partial charge in [-0.05, 0) is 37.5 Å². The standard InChI is InChI=1S/C18H25N5O2/c1-13(14-6-8-16(9-7-14)23-11-10-19-21-23)20-18(25)22(2)12-15-4-3-5-17(15)24/h6-11,13,15,17,24H,3-5,12H2,1-2H3,(H,20,25). The number of hydrogen-bond donors (Lipinski definition) is 2. The number of amides is 2. The van der Waals surface area contributed by atoms with Gasteiger partial charge in [-0.3, -0.25) is 0 Å². The Morgan fingerprint density at radius 3 is 2.76 bits per heavy atom. The second kappa shape index (κ2) is 7.65. The van der Waals surface area contributed by atoms with Gasteiger partial charge in [0.1, 0.15) is 0 Å². The first kappa shape index (κ1) is 17.4. The van der Waals surface area contributed by atoms with Crippen LogP contribution in [0, 0.1) is 5.92 Å². The van der Waals surface area contributed by atoms with Gasteiger partial charge in [0.2, 0.25) is 0 Å². The summed E-state index contributed by atoms with van der Waals surface area (Å²) in [5, 5.41) is 20.7. The molecular weight excluding hydrogens is 318 g/mol. The number of hydrogen-bond acceptors (Lipinski definition) is 4. The molecule has 0 saturated heterocycles. The molecule has 2 amide bonds. The summed E-state index contributed by atoms with van der Waals surface area (Å²) < 4.78 is 1.69. The van der Waals surface area contributed by atoms with Crippen molar-refractivity contribution in [3.05, 3.63) is 42.2 Å². The number of urea groups is 1. The third kappa shape index (κ3) is 4.17. The number of aromatic nitrogens is 3. The second-order valence-electron chi connectivity index (χ2n) is 6.75. The van der Waals surface area contributed by atoms with Crippen molar-refractivity contribution >= 4 is 6.03 Å². The first-order valence-electron chi connectivity index (χ1n) is 8.71. The first-order valence-corrected chi connectivity index (χ1v) is 8.71. The minimum Gasteiger partial charge on any atom is -0.393 e. The van der Waals surface area contributed by atoms with Crippen LogP contribution < -0.4 is 5.32 Å². The van der Waals surface area contributed by atoms with Crippen molar-refractivity contribution in [1.29, 1.82) is 0 Å². The molecule has 2 N–H and O–H groups in total. The number of aliphatic hydroxyl groups excluding tert-OH is 1. The summed E-state index contributed by atoms with van der Waals surface area (Å²) in [6.07, 6.45) is 6.00. The fourth-order valence-corrected chi connectivity index (χ4v) is 3.31. The van der Waals surface area contributed by atoms with Gasteiger partial charge in [0.05, 0.1) is 30.2 Å². The molecule has 1 aliphatic carbocycles. The summed E-state index contributed by atoms with van der Waals surface area (Å²) in [7, 11) is 1.78. The zero-order valence-electron chi connectivity index (χ0n) is 14.7. The third-order valence-corrected chi connectivity index (χ3v) is 4.89. The Balaban J connectivity index is 1.55. The number of rotatable bonds is 5. The van der Waals surface area contributed by atoms with Gasteiger partial charge >= 0.3 is 6.03 Å². The highest BCUT2D eigenvalue weighted by Crippen LogP contribution is 2.26. The van der Waals surface area contributed by atoms with E-state index in [1.165, 1.54) is 0 Å². The van der Waals surface area contributed by atoms with Gasteiger partial charge < -0.3 is 15.3 Å². The first-order chi connectivity index (χ1) is 12.0. The fraction of sp³-hybridized carbons (Fsp3) is 0.500. The van der Waals surface area contributed by atoms with Gasteiger partial charge in [-0.2, -0.15) is 0 Å². The maximum atomic E-state index is 12.4. The average molecular weight is 343 g/mol. The predicted molar refractivity (Wildman–Crippen MR) is 94.3 cm³/mol. The van der Waals surface area contributed by atoms with Crippen molar-refractivity contribution in [3.8, 4) is 5.69 Å². The van der Waals surface area contributed by atoms with Crippen LogP contribution >= 0.6 is 0 Å². The summed E-state index contributed by atoms with van der Waals surface area (Å²) in [5.74, 6) is 0.188. The van der Waals surface area contributed by atoms with Crippen LogP contribution in [0.1, 0.15) is 37.8 Å². The van der Waals surface area contributed by atoms with E-state index in [1.54, 1.807) is 29.0 Å². The molecule has 3 unspecified atom stereocenters. The number of nitrogens with zero attached hydrogens (tertiary/aromatic N) is 4. The highest BCUT2D eigenvalue weighted by molar-refractivity contribution is 5.74. The lowest BCUT2D eigenvalue weighted by molar-refractivity contribution is 0.113. The van der Waals surface area contributed by atoms with Gasteiger partial charge in [-0.1, -0.05) is 23.8 Å². The van der Waals surface area contributed by atoms with E-state index in [1.807, 2.05) is 31.2 Å². The highest BCUT2D eigenvalue weighted by Gasteiger charge is 2.27. The smallest absolute Gasteiger partial charge is 0.317 e. The molecule has 7 heteroatoms. The summed E-state index contributed by atoms with van der Waals surface area (Å²) in [6.45, 7) is 2.55. The van der Waals surface area contributed by atoms with Crippen molar-refractivity contribution in [2.24, 2.45) is 5.92 Å². The molecule has 0 radical (unpaired) electrons. The van der Waals surface area contributed by atoms with Gasteiger partial charge in [0.15, 0.2) is 0 Å². The van der Waals surface area contributed by atoms with Crippen LogP contribution in [0.2, 0.25) is 0 Å². The third-order valence-electron chi connectivity index (χ3n) is 4.89. The van der Waals surface area contributed by atoms with Gasteiger partial charge in [0, 0.05) is 19.5 Å². The van der Waals surface area contributed by atoms with E-state index in [4.69, 9.17) is 0 Å². The number of aliphatic hydroxyl groups is 1. The maximum absolute atomic E-state index is 12.4. The number of carbonyl (C=O) groups excluding carboxylic acids is 1. The monoisotopic (exact) mass is 343 g/mol. The lowest BCUT2D eigenvalue weighted by Crippen LogP contribution is -2.42. The fourth-order valence-electron chi connectivity index (χ4n) is 3.31. The van der Waals surface area contributed by atoms with Crippen molar-refractivity contribution in [1.82, 2.24) is 25.2 Å². The Kier molecular flexibility index (Phi) is 5.33. The zero-order valence-corrected chi connectivity index (χ0v) is 14.7. The lowest BCUT2D eigenvalue weighted by Gasteiger charge is -2.25. The molecule has 3 rings (SSSR count). The maximum Gasteiger partial charge on any atom is 0.317 e. The zero-order chi connectivity index (χ0) is 17.8. The molecule has 134 valence electrons. The van der Waals surface area contributed by atoms with Gasteiger partial charge in [-0.15, -0.1) is 5.10 Å². The predicted octanol–water partition coefficient (Wildman–Crippen LogP) is 2.13. The molecule has 3 atom stereocenters. The molecule has 0 bridgehead atoms. The van der Waals surface area contributed by atoms with Crippen LogP contribution in [0.5, 0.6) is 0 Å². The Hall–Kier alpha value is -2.41. The lowest BCUT2D eigenvalue weighted by atomic mass is 10.1. The number of carbonyl (C=O) groups is 1. The van der Waals surface area contributed by atoms with Gasteiger partial charge in [-0.25, -0.2) is 9.48 Å². The van der Waals surface area contributed by atoms with Crippen LogP contribution in [0.3, 0.4) is 0 Å². The van der Waals surface area contributed by atoms with Crippen LogP contribution in [-0.2, 0) is 0 Å². The molecule has 1 saturated carbocycles. The number of benzene rings is 1. The second-order valence-corrected chi connectivity index (χ2v) is 6.75. The largest absolute Gasteiger partial charge is 0.393 e. The van der Waals surface area contributed by atoms with E-state index in [-0.39, 0.29) is 24.1 Å². The summed E-state index contributed by atoms with van der Waals surface area (Å²) in [4.78, 5) is 14.1. The molecule has 1 aromatic carbocycles. The van der Waals surface area contributed by atoms with E-state index in [9.17, 15) is 9.90 Å². The number of nitrogens with one attached hydrogen (secondary N) is 1. The minimum atomic E-state index is -0.281. The molecule has 1 heterocycles. The average Bonchev–Trinajstić information content (AvgIpc) is 3.27. The summed E-state index contributed by atoms with van der Waals surface area (Å²) in [5.41, 5.74) is 1.94. The van der Waals surface area contributed by atoms with Crippen LogP contribution in [0.25, 0.3) is 5.69 Å². The molecule has 0 aliphatic heterocycles. The Bertz CT molecular complexity index is 686. The summed E-state index contributed by atoms with van der Waals surface area (Å²) in [6, 6.07) is 7.63.